The van der Waals surface area contributed by atoms with Gasteiger partial charge < -0.3 is 15.4 Å². The topological polar surface area (TPSA) is 55.6 Å². The van der Waals surface area contributed by atoms with Gasteiger partial charge in [-0.15, -0.1) is 0 Å². The SMILES string of the molecule is CC1COCCN1C(=O)Cc1ccc(C(N)=S)cc1. The summed E-state index contributed by atoms with van der Waals surface area (Å²) in [6, 6.07) is 7.66. The average molecular weight is 278 g/mol. The van der Waals surface area contributed by atoms with Crippen molar-refractivity contribution in [1.82, 2.24) is 4.90 Å². The lowest BCUT2D eigenvalue weighted by Gasteiger charge is -2.33. The van der Waals surface area contributed by atoms with Crippen molar-refractivity contribution in [3.63, 3.8) is 0 Å². The Morgan fingerprint density at radius 1 is 1.47 bits per heavy atom. The zero-order valence-corrected chi connectivity index (χ0v) is 11.8. The number of thiocarbonyl (C=S) groups is 1. The highest BCUT2D eigenvalue weighted by atomic mass is 32.1. The summed E-state index contributed by atoms with van der Waals surface area (Å²) in [5, 5.41) is 0. The van der Waals surface area contributed by atoms with E-state index in [1.54, 1.807) is 0 Å². The molecule has 0 bridgehead atoms. The molecule has 1 unspecified atom stereocenters. The number of morpholine rings is 1. The van der Waals surface area contributed by atoms with E-state index in [1.807, 2.05) is 36.1 Å². The minimum atomic E-state index is 0.138. The number of ether oxygens (including phenoxy) is 1. The molecule has 0 aromatic heterocycles. The summed E-state index contributed by atoms with van der Waals surface area (Å²) in [7, 11) is 0. The first kappa shape index (κ1) is 14.0. The number of hydrogen-bond donors (Lipinski definition) is 1. The van der Waals surface area contributed by atoms with E-state index in [2.05, 4.69) is 0 Å². The van der Waals surface area contributed by atoms with Crippen LogP contribution in [0.3, 0.4) is 0 Å². The molecule has 1 aromatic carbocycles. The fourth-order valence-corrected chi connectivity index (χ4v) is 2.30. The van der Waals surface area contributed by atoms with Gasteiger partial charge in [0.1, 0.15) is 4.99 Å². The molecule has 2 N–H and O–H groups in total. The highest BCUT2D eigenvalue weighted by Gasteiger charge is 2.23. The first-order valence-corrected chi connectivity index (χ1v) is 6.74. The van der Waals surface area contributed by atoms with Crippen LogP contribution in [0, 0.1) is 0 Å². The predicted octanol–water partition coefficient (Wildman–Crippen LogP) is 1.11. The highest BCUT2D eigenvalue weighted by molar-refractivity contribution is 7.80. The molecule has 0 saturated carbocycles. The minimum absolute atomic E-state index is 0.138. The van der Waals surface area contributed by atoms with Crippen molar-refractivity contribution in [3.05, 3.63) is 35.4 Å². The third-order valence-electron chi connectivity index (χ3n) is 3.28. The molecular weight excluding hydrogens is 260 g/mol. The van der Waals surface area contributed by atoms with Crippen LogP contribution in [-0.2, 0) is 16.0 Å². The van der Waals surface area contributed by atoms with Crippen LogP contribution in [-0.4, -0.2) is 41.6 Å². The van der Waals surface area contributed by atoms with Crippen molar-refractivity contribution < 1.29 is 9.53 Å². The molecule has 4 nitrogen and oxygen atoms in total. The van der Waals surface area contributed by atoms with E-state index < -0.39 is 0 Å². The molecule has 0 radical (unpaired) electrons. The van der Waals surface area contributed by atoms with Gasteiger partial charge in [0, 0.05) is 12.1 Å². The van der Waals surface area contributed by atoms with Crippen molar-refractivity contribution in [2.75, 3.05) is 19.8 Å². The summed E-state index contributed by atoms with van der Waals surface area (Å²) in [6.07, 6.45) is 0.405. The molecule has 1 amide bonds. The maximum atomic E-state index is 12.2. The molecule has 1 aromatic rings. The minimum Gasteiger partial charge on any atom is -0.389 e. The molecule has 5 heteroatoms. The summed E-state index contributed by atoms with van der Waals surface area (Å²) < 4.78 is 5.33. The van der Waals surface area contributed by atoms with Gasteiger partial charge in [-0.2, -0.15) is 0 Å². The van der Waals surface area contributed by atoms with E-state index in [0.29, 0.717) is 31.2 Å². The Balaban J connectivity index is 2.00. The summed E-state index contributed by atoms with van der Waals surface area (Å²) in [6.45, 7) is 3.92. The van der Waals surface area contributed by atoms with Crippen LogP contribution in [0.4, 0.5) is 0 Å². The molecule has 2 rings (SSSR count). The van der Waals surface area contributed by atoms with Crippen molar-refractivity contribution in [2.24, 2.45) is 5.73 Å². The number of amides is 1. The zero-order chi connectivity index (χ0) is 13.8. The number of carbonyl (C=O) groups is 1. The van der Waals surface area contributed by atoms with Gasteiger partial charge >= 0.3 is 0 Å². The van der Waals surface area contributed by atoms with Gasteiger partial charge in [-0.05, 0) is 12.5 Å². The maximum absolute atomic E-state index is 12.2. The van der Waals surface area contributed by atoms with Gasteiger partial charge in [0.25, 0.3) is 0 Å². The van der Waals surface area contributed by atoms with E-state index >= 15 is 0 Å². The van der Waals surface area contributed by atoms with Gasteiger partial charge in [0.2, 0.25) is 5.91 Å². The molecular formula is C14H18N2O2S. The summed E-state index contributed by atoms with van der Waals surface area (Å²) in [5.74, 6) is 0.138. The van der Waals surface area contributed by atoms with Crippen LogP contribution < -0.4 is 5.73 Å². The van der Waals surface area contributed by atoms with Gasteiger partial charge in [0.05, 0.1) is 25.7 Å². The number of benzene rings is 1. The van der Waals surface area contributed by atoms with Gasteiger partial charge in [-0.25, -0.2) is 0 Å². The van der Waals surface area contributed by atoms with Gasteiger partial charge in [0.15, 0.2) is 0 Å². The molecule has 1 heterocycles. The Morgan fingerprint density at radius 2 is 2.16 bits per heavy atom. The summed E-state index contributed by atoms with van der Waals surface area (Å²) in [4.78, 5) is 14.5. The van der Waals surface area contributed by atoms with Gasteiger partial charge in [-0.1, -0.05) is 36.5 Å². The number of nitrogens with two attached hydrogens (primary N) is 1. The molecule has 0 spiro atoms. The second-order valence-corrected chi connectivity index (χ2v) is 5.19. The number of rotatable bonds is 3. The molecule has 1 fully saturated rings. The van der Waals surface area contributed by atoms with Crippen LogP contribution in [0.15, 0.2) is 24.3 Å². The van der Waals surface area contributed by atoms with E-state index in [9.17, 15) is 4.79 Å². The Labute approximate surface area is 118 Å². The Bertz CT molecular complexity index is 473. The van der Waals surface area contributed by atoms with Crippen LogP contribution in [0.1, 0.15) is 18.1 Å². The monoisotopic (exact) mass is 278 g/mol. The molecule has 1 atom stereocenters. The average Bonchev–Trinajstić information content (AvgIpc) is 2.39. The fraction of sp³-hybridized carbons (Fsp3) is 0.429. The molecule has 0 aliphatic carbocycles. The molecule has 19 heavy (non-hydrogen) atoms. The van der Waals surface area contributed by atoms with Gasteiger partial charge in [-0.3, -0.25) is 4.79 Å². The Kier molecular flexibility index (Phi) is 4.50. The summed E-state index contributed by atoms with van der Waals surface area (Å²) in [5.41, 5.74) is 7.34. The van der Waals surface area contributed by atoms with Crippen molar-refractivity contribution in [2.45, 2.75) is 19.4 Å². The zero-order valence-electron chi connectivity index (χ0n) is 11.0. The van der Waals surface area contributed by atoms with Crippen molar-refractivity contribution in [3.8, 4) is 0 Å². The normalized spacial score (nSPS) is 19.2. The van der Waals surface area contributed by atoms with Crippen LogP contribution in [0.25, 0.3) is 0 Å². The highest BCUT2D eigenvalue weighted by Crippen LogP contribution is 2.11. The molecule has 102 valence electrons. The lowest BCUT2D eigenvalue weighted by molar-refractivity contribution is -0.138. The van der Waals surface area contributed by atoms with E-state index in [1.165, 1.54) is 0 Å². The molecule has 1 aliphatic heterocycles. The fourth-order valence-electron chi connectivity index (χ4n) is 2.16. The lowest BCUT2D eigenvalue weighted by atomic mass is 10.1. The van der Waals surface area contributed by atoms with Crippen LogP contribution in [0.2, 0.25) is 0 Å². The van der Waals surface area contributed by atoms with Crippen molar-refractivity contribution >= 4 is 23.1 Å². The van der Waals surface area contributed by atoms with E-state index in [0.717, 1.165) is 11.1 Å². The lowest BCUT2D eigenvalue weighted by Crippen LogP contribution is -2.47. The quantitative estimate of drug-likeness (QED) is 0.842. The maximum Gasteiger partial charge on any atom is 0.227 e. The number of hydrogen-bond acceptors (Lipinski definition) is 3. The predicted molar refractivity (Wildman–Crippen MR) is 78.0 cm³/mol. The first-order valence-electron chi connectivity index (χ1n) is 6.34. The Hall–Kier alpha value is -1.46. The molecule has 1 aliphatic rings. The number of nitrogens with zero attached hydrogens (tertiary/aromatic N) is 1. The second-order valence-electron chi connectivity index (χ2n) is 4.75. The van der Waals surface area contributed by atoms with Crippen LogP contribution in [0.5, 0.6) is 0 Å². The first-order chi connectivity index (χ1) is 9.08. The third kappa shape index (κ3) is 3.52. The smallest absolute Gasteiger partial charge is 0.227 e. The van der Waals surface area contributed by atoms with E-state index in [-0.39, 0.29) is 11.9 Å². The summed E-state index contributed by atoms with van der Waals surface area (Å²) >= 11 is 4.90. The number of carbonyl (C=O) groups excluding carboxylic acids is 1. The second kappa shape index (κ2) is 6.12. The Morgan fingerprint density at radius 3 is 2.74 bits per heavy atom. The molecule has 1 saturated heterocycles. The largest absolute Gasteiger partial charge is 0.389 e. The standard InChI is InChI=1S/C14H18N2O2S/c1-10-9-18-7-6-16(10)13(17)8-11-2-4-12(5-3-11)14(15)19/h2-5,10H,6-9H2,1H3,(H2,15,19). The third-order valence-corrected chi connectivity index (χ3v) is 3.52. The van der Waals surface area contributed by atoms with Crippen molar-refractivity contribution in [1.29, 1.82) is 0 Å². The van der Waals surface area contributed by atoms with E-state index in [4.69, 9.17) is 22.7 Å². The van der Waals surface area contributed by atoms with Crippen LogP contribution >= 0.6 is 12.2 Å².